The van der Waals surface area contributed by atoms with Gasteiger partial charge < -0.3 is 5.32 Å². The number of nitrogens with one attached hydrogen (secondary N) is 2. The van der Waals surface area contributed by atoms with Crippen LogP contribution in [0.2, 0.25) is 0 Å². The minimum Gasteiger partial charge on any atom is -0.369 e. The Labute approximate surface area is 113 Å². The van der Waals surface area contributed by atoms with Crippen molar-refractivity contribution >= 4 is 27.7 Å². The van der Waals surface area contributed by atoms with E-state index in [0.717, 1.165) is 17.4 Å². The molecule has 0 aliphatic carbocycles. The fourth-order valence-corrected chi connectivity index (χ4v) is 1.76. The van der Waals surface area contributed by atoms with Gasteiger partial charge in [-0.05, 0) is 34.0 Å². The Morgan fingerprint density at radius 2 is 2.22 bits per heavy atom. The first-order valence-corrected chi connectivity index (χ1v) is 6.21. The maximum atomic E-state index is 5.26. The third-order valence-corrected chi connectivity index (χ3v) is 2.88. The van der Waals surface area contributed by atoms with Crippen molar-refractivity contribution in [2.24, 2.45) is 5.84 Å². The SMILES string of the molecule is NNc1ncc(Br)c(NCCc2cccnc2)n1. The summed E-state index contributed by atoms with van der Waals surface area (Å²) in [4.78, 5) is 12.2. The molecule has 6 nitrogen and oxygen atoms in total. The lowest BCUT2D eigenvalue weighted by Crippen LogP contribution is -2.13. The summed E-state index contributed by atoms with van der Waals surface area (Å²) < 4.78 is 0.799. The van der Waals surface area contributed by atoms with Gasteiger partial charge in [-0.1, -0.05) is 6.07 Å². The summed E-state index contributed by atoms with van der Waals surface area (Å²) in [5.41, 5.74) is 3.58. The molecular weight excluding hydrogens is 296 g/mol. The lowest BCUT2D eigenvalue weighted by molar-refractivity contribution is 0.983. The van der Waals surface area contributed by atoms with E-state index in [0.29, 0.717) is 11.8 Å². The number of hydrogen-bond acceptors (Lipinski definition) is 6. The number of halogens is 1. The molecule has 0 aliphatic heterocycles. The lowest BCUT2D eigenvalue weighted by Gasteiger charge is -2.08. The number of nitrogens with zero attached hydrogens (tertiary/aromatic N) is 3. The van der Waals surface area contributed by atoms with Crippen molar-refractivity contribution in [1.82, 2.24) is 15.0 Å². The van der Waals surface area contributed by atoms with E-state index in [1.54, 1.807) is 12.4 Å². The van der Waals surface area contributed by atoms with E-state index in [-0.39, 0.29) is 0 Å². The topological polar surface area (TPSA) is 88.8 Å². The zero-order valence-corrected chi connectivity index (χ0v) is 11.2. The third-order valence-electron chi connectivity index (χ3n) is 2.30. The summed E-state index contributed by atoms with van der Waals surface area (Å²) in [6.07, 6.45) is 6.13. The molecule has 0 atom stereocenters. The summed E-state index contributed by atoms with van der Waals surface area (Å²) in [5, 5.41) is 3.21. The zero-order chi connectivity index (χ0) is 12.8. The first-order chi connectivity index (χ1) is 8.79. The van der Waals surface area contributed by atoms with Crippen molar-refractivity contribution in [1.29, 1.82) is 0 Å². The van der Waals surface area contributed by atoms with Crippen molar-refractivity contribution in [2.75, 3.05) is 17.3 Å². The first kappa shape index (κ1) is 12.7. The zero-order valence-electron chi connectivity index (χ0n) is 9.60. The standard InChI is InChI=1S/C11H13BrN6/c12-9-7-16-11(18-13)17-10(9)15-5-3-8-2-1-4-14-6-8/h1-2,4,6-7H,3,5,13H2,(H2,15,16,17,18). The van der Waals surface area contributed by atoms with Gasteiger partial charge in [0.2, 0.25) is 5.95 Å². The Morgan fingerprint density at radius 1 is 1.33 bits per heavy atom. The van der Waals surface area contributed by atoms with Crippen LogP contribution in [0, 0.1) is 0 Å². The fourth-order valence-electron chi connectivity index (χ4n) is 1.43. The molecule has 0 saturated carbocycles. The van der Waals surface area contributed by atoms with Crippen molar-refractivity contribution < 1.29 is 0 Å². The highest BCUT2D eigenvalue weighted by atomic mass is 79.9. The summed E-state index contributed by atoms with van der Waals surface area (Å²) in [6, 6.07) is 3.96. The molecule has 0 spiro atoms. The normalized spacial score (nSPS) is 10.1. The van der Waals surface area contributed by atoms with Crippen LogP contribution in [0.3, 0.4) is 0 Å². The van der Waals surface area contributed by atoms with Crippen LogP contribution >= 0.6 is 15.9 Å². The van der Waals surface area contributed by atoms with Gasteiger partial charge in [-0.2, -0.15) is 4.98 Å². The largest absolute Gasteiger partial charge is 0.369 e. The van der Waals surface area contributed by atoms with E-state index in [4.69, 9.17) is 5.84 Å². The monoisotopic (exact) mass is 308 g/mol. The Kier molecular flexibility index (Phi) is 4.43. The number of aromatic nitrogens is 3. The molecule has 94 valence electrons. The van der Waals surface area contributed by atoms with Gasteiger partial charge in [-0.25, -0.2) is 10.8 Å². The minimum atomic E-state index is 0.377. The van der Waals surface area contributed by atoms with Crippen LogP contribution in [0.25, 0.3) is 0 Å². The molecule has 2 aromatic rings. The van der Waals surface area contributed by atoms with E-state index in [1.165, 1.54) is 5.56 Å². The summed E-state index contributed by atoms with van der Waals surface area (Å²) in [6.45, 7) is 0.755. The van der Waals surface area contributed by atoms with Crippen molar-refractivity contribution in [3.63, 3.8) is 0 Å². The summed E-state index contributed by atoms with van der Waals surface area (Å²) in [5.74, 6) is 6.35. The smallest absolute Gasteiger partial charge is 0.239 e. The van der Waals surface area contributed by atoms with Gasteiger partial charge >= 0.3 is 0 Å². The summed E-state index contributed by atoms with van der Waals surface area (Å²) >= 11 is 3.38. The molecule has 0 aliphatic rings. The Bertz CT molecular complexity index is 504. The molecule has 2 aromatic heterocycles. The van der Waals surface area contributed by atoms with Crippen LogP contribution in [0.1, 0.15) is 5.56 Å². The third kappa shape index (κ3) is 3.38. The molecule has 0 unspecified atom stereocenters. The molecule has 0 amide bonds. The number of nitrogens with two attached hydrogens (primary N) is 1. The predicted molar refractivity (Wildman–Crippen MR) is 74.0 cm³/mol. The quantitative estimate of drug-likeness (QED) is 0.574. The molecule has 7 heteroatoms. The van der Waals surface area contributed by atoms with Crippen molar-refractivity contribution in [2.45, 2.75) is 6.42 Å². The van der Waals surface area contributed by atoms with E-state index in [2.05, 4.69) is 41.6 Å². The summed E-state index contributed by atoms with van der Waals surface area (Å²) in [7, 11) is 0. The molecule has 0 radical (unpaired) electrons. The molecule has 2 rings (SSSR count). The van der Waals surface area contributed by atoms with Crippen molar-refractivity contribution in [3.05, 3.63) is 40.8 Å². The molecule has 0 fully saturated rings. The molecule has 18 heavy (non-hydrogen) atoms. The second-order valence-electron chi connectivity index (χ2n) is 3.57. The highest BCUT2D eigenvalue weighted by Gasteiger charge is 2.03. The van der Waals surface area contributed by atoms with Crippen LogP contribution in [0.4, 0.5) is 11.8 Å². The van der Waals surface area contributed by atoms with Crippen molar-refractivity contribution in [3.8, 4) is 0 Å². The average molecular weight is 309 g/mol. The number of hydrogen-bond donors (Lipinski definition) is 3. The van der Waals surface area contributed by atoms with E-state index < -0.39 is 0 Å². The number of anilines is 2. The van der Waals surface area contributed by atoms with Crippen LogP contribution in [0.5, 0.6) is 0 Å². The van der Waals surface area contributed by atoms with Gasteiger partial charge in [-0.3, -0.25) is 10.4 Å². The number of nitrogen functional groups attached to an aromatic ring is 1. The second kappa shape index (κ2) is 6.27. The second-order valence-corrected chi connectivity index (χ2v) is 4.43. The number of hydrazine groups is 1. The van der Waals surface area contributed by atoms with Gasteiger partial charge in [0.1, 0.15) is 5.82 Å². The maximum absolute atomic E-state index is 5.26. The van der Waals surface area contributed by atoms with E-state index in [9.17, 15) is 0 Å². The average Bonchev–Trinajstić information content (AvgIpc) is 2.42. The van der Waals surface area contributed by atoms with Gasteiger partial charge in [0.25, 0.3) is 0 Å². The van der Waals surface area contributed by atoms with E-state index >= 15 is 0 Å². The number of rotatable bonds is 5. The fraction of sp³-hybridized carbons (Fsp3) is 0.182. The highest BCUT2D eigenvalue weighted by molar-refractivity contribution is 9.10. The molecule has 4 N–H and O–H groups in total. The number of pyridine rings is 1. The van der Waals surface area contributed by atoms with Crippen LogP contribution in [0.15, 0.2) is 35.2 Å². The molecule has 0 aromatic carbocycles. The van der Waals surface area contributed by atoms with Gasteiger partial charge in [0.15, 0.2) is 0 Å². The Balaban J connectivity index is 1.94. The van der Waals surface area contributed by atoms with Crippen LogP contribution in [-0.4, -0.2) is 21.5 Å². The first-order valence-electron chi connectivity index (χ1n) is 5.41. The predicted octanol–water partition coefficient (Wildman–Crippen LogP) is 1.57. The van der Waals surface area contributed by atoms with E-state index in [1.807, 2.05) is 18.3 Å². The molecule has 2 heterocycles. The van der Waals surface area contributed by atoms with Gasteiger partial charge in [0.05, 0.1) is 4.47 Å². The molecule has 0 bridgehead atoms. The van der Waals surface area contributed by atoms with Gasteiger partial charge in [-0.15, -0.1) is 0 Å². The Hall–Kier alpha value is -1.73. The minimum absolute atomic E-state index is 0.377. The maximum Gasteiger partial charge on any atom is 0.239 e. The van der Waals surface area contributed by atoms with Gasteiger partial charge in [0, 0.05) is 25.1 Å². The van der Waals surface area contributed by atoms with Crippen LogP contribution < -0.4 is 16.6 Å². The lowest BCUT2D eigenvalue weighted by atomic mass is 10.2. The molecular formula is C11H13BrN6. The highest BCUT2D eigenvalue weighted by Crippen LogP contribution is 2.19. The Morgan fingerprint density at radius 3 is 2.94 bits per heavy atom. The molecule has 0 saturated heterocycles. The van der Waals surface area contributed by atoms with Crippen LogP contribution in [-0.2, 0) is 6.42 Å².